The molecule has 0 spiro atoms. The highest BCUT2D eigenvalue weighted by Crippen LogP contribution is 2.28. The standard InChI is InChI=1S/C33H42N4O6/c1-7-20-19(6)32(42)37-27(20)14-25-18(5)23(10-12-31(40)41)29(35-25)15-28-22(9-11-30(38)39)17(4)24(34-28)13-26-16(3)21(8-2)33(43)36-26/h8,14-15,19-20,26-27,34-35H,2,7,9-13H2,1,3-6H3,(H,36,43)(H,37,42)(H,38,39)(H,40,41)/b25-14+,29-15+/t19-,20-,26-,27?/m1/s1. The largest absolute Gasteiger partial charge is 0.481 e. The van der Waals surface area contributed by atoms with Gasteiger partial charge in [0, 0.05) is 52.8 Å². The van der Waals surface area contributed by atoms with Crippen LogP contribution in [0.3, 0.4) is 0 Å². The number of rotatable bonds is 12. The van der Waals surface area contributed by atoms with Crippen molar-refractivity contribution in [3.8, 4) is 0 Å². The molecular weight excluding hydrogens is 548 g/mol. The Balaban J connectivity index is 1.83. The third-order valence-corrected chi connectivity index (χ3v) is 9.19. The smallest absolute Gasteiger partial charge is 0.303 e. The number of aromatic nitrogens is 2. The van der Waals surface area contributed by atoms with Crippen LogP contribution in [0.1, 0.15) is 73.7 Å². The number of carboxylic acids is 2. The molecule has 4 heterocycles. The minimum Gasteiger partial charge on any atom is -0.481 e. The van der Waals surface area contributed by atoms with Crippen molar-refractivity contribution in [2.24, 2.45) is 11.8 Å². The second kappa shape index (κ2) is 12.9. The third-order valence-electron chi connectivity index (χ3n) is 9.19. The average molecular weight is 591 g/mol. The molecule has 2 aromatic heterocycles. The number of hydrogen-bond acceptors (Lipinski definition) is 4. The highest BCUT2D eigenvalue weighted by Gasteiger charge is 2.36. The van der Waals surface area contributed by atoms with E-state index in [1.54, 1.807) is 6.08 Å². The van der Waals surface area contributed by atoms with Crippen LogP contribution in [0.15, 0.2) is 23.8 Å². The van der Waals surface area contributed by atoms with E-state index < -0.39 is 11.9 Å². The molecule has 0 aliphatic carbocycles. The Bertz CT molecular complexity index is 1620. The van der Waals surface area contributed by atoms with Crippen LogP contribution in [0.2, 0.25) is 0 Å². The summed E-state index contributed by atoms with van der Waals surface area (Å²) in [5, 5.41) is 26.5. The molecule has 6 N–H and O–H groups in total. The van der Waals surface area contributed by atoms with Crippen molar-refractivity contribution in [2.75, 3.05) is 0 Å². The molecule has 43 heavy (non-hydrogen) atoms. The Morgan fingerprint density at radius 3 is 2.16 bits per heavy atom. The number of amides is 2. The van der Waals surface area contributed by atoms with Crippen molar-refractivity contribution in [2.45, 2.75) is 85.2 Å². The number of aromatic amines is 2. The second-order valence-corrected chi connectivity index (χ2v) is 11.7. The molecule has 1 unspecified atom stereocenters. The van der Waals surface area contributed by atoms with Crippen molar-refractivity contribution in [1.82, 2.24) is 20.6 Å². The van der Waals surface area contributed by atoms with E-state index in [2.05, 4.69) is 34.1 Å². The van der Waals surface area contributed by atoms with Crippen molar-refractivity contribution in [1.29, 1.82) is 0 Å². The van der Waals surface area contributed by atoms with Crippen LogP contribution in [-0.2, 0) is 38.4 Å². The fraction of sp³-hybridized carbons (Fsp3) is 0.455. The van der Waals surface area contributed by atoms with E-state index in [4.69, 9.17) is 0 Å². The molecule has 2 amide bonds. The summed E-state index contributed by atoms with van der Waals surface area (Å²) in [5.74, 6) is -1.89. The first-order valence-corrected chi connectivity index (χ1v) is 14.9. The summed E-state index contributed by atoms with van der Waals surface area (Å²) in [6, 6.07) is -0.359. The van der Waals surface area contributed by atoms with Gasteiger partial charge in [-0.25, -0.2) is 0 Å². The van der Waals surface area contributed by atoms with Gasteiger partial charge in [-0.15, -0.1) is 0 Å². The molecule has 2 aliphatic rings. The average Bonchev–Trinajstić information content (AvgIpc) is 3.59. The normalized spacial score (nSPS) is 22.8. The van der Waals surface area contributed by atoms with E-state index >= 15 is 0 Å². The van der Waals surface area contributed by atoms with Gasteiger partial charge in [-0.3, -0.25) is 19.2 Å². The van der Waals surface area contributed by atoms with Gasteiger partial charge in [0.15, 0.2) is 0 Å². The van der Waals surface area contributed by atoms with Crippen molar-refractivity contribution < 1.29 is 29.4 Å². The molecule has 1 fully saturated rings. The van der Waals surface area contributed by atoms with E-state index in [1.165, 1.54) is 0 Å². The SMILES string of the molecule is C=CC1=C(C)[C@@H](Cc2[nH]c(/C=c3/[nH]/c(=C/C4NC(=O)[C@H](C)[C@H]4CC)c(C)c3CCC(=O)O)c(CCC(=O)O)c2C)NC1=O. The summed E-state index contributed by atoms with van der Waals surface area (Å²) in [4.78, 5) is 54.8. The monoisotopic (exact) mass is 590 g/mol. The van der Waals surface area contributed by atoms with Crippen LogP contribution < -0.4 is 21.3 Å². The Labute approximate surface area is 251 Å². The van der Waals surface area contributed by atoms with Gasteiger partial charge in [-0.05, 0) is 79.5 Å². The quantitative estimate of drug-likeness (QED) is 0.222. The molecular formula is C33H42N4O6. The predicted molar refractivity (Wildman–Crippen MR) is 164 cm³/mol. The zero-order chi connectivity index (χ0) is 31.6. The van der Waals surface area contributed by atoms with E-state index in [9.17, 15) is 29.4 Å². The fourth-order valence-electron chi connectivity index (χ4n) is 6.50. The molecule has 10 nitrogen and oxygen atoms in total. The van der Waals surface area contributed by atoms with Crippen LogP contribution in [0.25, 0.3) is 12.2 Å². The maximum Gasteiger partial charge on any atom is 0.303 e. The summed E-state index contributed by atoms with van der Waals surface area (Å²) in [5.41, 5.74) is 6.65. The van der Waals surface area contributed by atoms with Crippen LogP contribution in [0, 0.1) is 25.7 Å². The molecule has 10 heteroatoms. The summed E-state index contributed by atoms with van der Waals surface area (Å²) >= 11 is 0. The molecule has 2 aliphatic heterocycles. The highest BCUT2D eigenvalue weighted by molar-refractivity contribution is 6.00. The lowest BCUT2D eigenvalue weighted by Gasteiger charge is -2.15. The first kappa shape index (κ1) is 31.6. The fourth-order valence-corrected chi connectivity index (χ4v) is 6.50. The topological polar surface area (TPSA) is 164 Å². The number of H-pyrrole nitrogens is 2. The summed E-state index contributed by atoms with van der Waals surface area (Å²) in [6.45, 7) is 13.6. The predicted octanol–water partition coefficient (Wildman–Crippen LogP) is 2.31. The van der Waals surface area contributed by atoms with Gasteiger partial charge in [0.25, 0.3) is 5.91 Å². The van der Waals surface area contributed by atoms with E-state index in [0.29, 0.717) is 24.8 Å². The minimum absolute atomic E-state index is 0.0244. The number of carboxylic acid groups (broad SMARTS) is 2. The number of aliphatic carboxylic acids is 2. The van der Waals surface area contributed by atoms with Gasteiger partial charge in [0.2, 0.25) is 5.91 Å². The second-order valence-electron chi connectivity index (χ2n) is 11.7. The van der Waals surface area contributed by atoms with Crippen LogP contribution in [0.4, 0.5) is 0 Å². The molecule has 0 radical (unpaired) electrons. The number of carbonyl (C=O) groups excluding carboxylic acids is 2. The lowest BCUT2D eigenvalue weighted by Crippen LogP contribution is -2.30. The Kier molecular flexibility index (Phi) is 9.47. The van der Waals surface area contributed by atoms with Gasteiger partial charge in [-0.1, -0.05) is 32.9 Å². The Morgan fingerprint density at radius 2 is 1.58 bits per heavy atom. The maximum absolute atomic E-state index is 12.4. The van der Waals surface area contributed by atoms with Crippen LogP contribution in [0.5, 0.6) is 0 Å². The van der Waals surface area contributed by atoms with Gasteiger partial charge in [0.1, 0.15) is 0 Å². The lowest BCUT2D eigenvalue weighted by atomic mass is 9.89. The van der Waals surface area contributed by atoms with Crippen molar-refractivity contribution >= 4 is 35.9 Å². The molecule has 4 atom stereocenters. The summed E-state index contributed by atoms with van der Waals surface area (Å²) in [7, 11) is 0. The molecule has 0 aromatic carbocycles. The lowest BCUT2D eigenvalue weighted by molar-refractivity contribution is -0.138. The maximum atomic E-state index is 12.4. The first-order chi connectivity index (χ1) is 20.4. The summed E-state index contributed by atoms with van der Waals surface area (Å²) < 4.78 is 0. The molecule has 0 saturated carbocycles. The number of nitrogens with one attached hydrogen (secondary N) is 4. The summed E-state index contributed by atoms with van der Waals surface area (Å²) in [6.07, 6.45) is 7.37. The Hall–Kier alpha value is -4.34. The molecule has 230 valence electrons. The van der Waals surface area contributed by atoms with Gasteiger partial charge in [-0.2, -0.15) is 0 Å². The number of hydrogen-bond donors (Lipinski definition) is 6. The van der Waals surface area contributed by atoms with E-state index in [-0.39, 0.29) is 48.6 Å². The first-order valence-electron chi connectivity index (χ1n) is 14.9. The van der Waals surface area contributed by atoms with Crippen LogP contribution in [-0.4, -0.2) is 56.0 Å². The molecule has 1 saturated heterocycles. The van der Waals surface area contributed by atoms with E-state index in [0.717, 1.165) is 56.3 Å². The van der Waals surface area contributed by atoms with Crippen molar-refractivity contribution in [3.63, 3.8) is 0 Å². The highest BCUT2D eigenvalue weighted by atomic mass is 16.4. The zero-order valence-corrected chi connectivity index (χ0v) is 25.5. The van der Waals surface area contributed by atoms with Gasteiger partial charge in [0.05, 0.1) is 12.1 Å². The van der Waals surface area contributed by atoms with Gasteiger partial charge < -0.3 is 30.8 Å². The number of carbonyl (C=O) groups is 4. The minimum atomic E-state index is -0.904. The van der Waals surface area contributed by atoms with Crippen molar-refractivity contribution in [3.05, 3.63) is 68.1 Å². The van der Waals surface area contributed by atoms with E-state index in [1.807, 2.05) is 39.8 Å². The van der Waals surface area contributed by atoms with Crippen LogP contribution >= 0.6 is 0 Å². The zero-order valence-electron chi connectivity index (χ0n) is 25.5. The molecule has 0 bridgehead atoms. The third kappa shape index (κ3) is 6.53. The van der Waals surface area contributed by atoms with Gasteiger partial charge >= 0.3 is 11.9 Å². The Morgan fingerprint density at radius 1 is 0.930 bits per heavy atom. The molecule has 2 aromatic rings. The molecule has 4 rings (SSSR count).